The van der Waals surface area contributed by atoms with Crippen molar-refractivity contribution in [2.45, 2.75) is 33.1 Å². The molecule has 0 unspecified atom stereocenters. The maximum atomic E-state index is 13.8. The number of phenolic OH excluding ortho intramolecular Hbond substituents is 1. The minimum absolute atomic E-state index is 0.00946. The van der Waals surface area contributed by atoms with E-state index in [4.69, 9.17) is 23.2 Å². The van der Waals surface area contributed by atoms with Crippen LogP contribution < -0.4 is 4.31 Å². The summed E-state index contributed by atoms with van der Waals surface area (Å²) in [7, 11) is -3.89. The summed E-state index contributed by atoms with van der Waals surface area (Å²) < 4.78 is 28.9. The predicted molar refractivity (Wildman–Crippen MR) is 160 cm³/mol. The molecule has 4 aromatic carbocycles. The minimum Gasteiger partial charge on any atom is -0.506 e. The van der Waals surface area contributed by atoms with E-state index >= 15 is 0 Å². The number of aromatic amines is 1. The zero-order valence-corrected chi connectivity index (χ0v) is 23.8. The quantitative estimate of drug-likeness (QED) is 0.223. The average molecular weight is 568 g/mol. The highest BCUT2D eigenvalue weighted by Crippen LogP contribution is 2.48. The first-order chi connectivity index (χ1) is 17.9. The SMILES string of the molecule is CCS(=O)(=O)N(c1cc(Cl)c(O)cc1Cl)c1c(C(C)(C)C)[nH]c2ccc3cc(-c4ccccc4)ccc3c12. The van der Waals surface area contributed by atoms with Crippen LogP contribution in [-0.4, -0.2) is 24.3 Å². The maximum Gasteiger partial charge on any atom is 0.239 e. The molecule has 0 radical (unpaired) electrons. The number of phenols is 1. The number of H-pyrrole nitrogens is 1. The highest BCUT2D eigenvalue weighted by atomic mass is 35.5. The Morgan fingerprint density at radius 2 is 1.61 bits per heavy atom. The van der Waals surface area contributed by atoms with Crippen LogP contribution in [0.4, 0.5) is 11.4 Å². The number of nitrogens with one attached hydrogen (secondary N) is 1. The Morgan fingerprint density at radius 3 is 2.26 bits per heavy atom. The summed E-state index contributed by atoms with van der Waals surface area (Å²) in [5.41, 5.74) is 3.94. The van der Waals surface area contributed by atoms with Crippen LogP contribution in [0.3, 0.4) is 0 Å². The van der Waals surface area contributed by atoms with Gasteiger partial charge < -0.3 is 10.1 Å². The van der Waals surface area contributed by atoms with E-state index in [1.54, 1.807) is 6.92 Å². The molecular weight excluding hydrogens is 539 g/mol. The summed E-state index contributed by atoms with van der Waals surface area (Å²) >= 11 is 12.8. The fraction of sp³-hybridized carbons (Fsp3) is 0.200. The van der Waals surface area contributed by atoms with Gasteiger partial charge in [-0.3, -0.25) is 0 Å². The molecule has 0 aliphatic heterocycles. The van der Waals surface area contributed by atoms with Crippen LogP contribution in [0.1, 0.15) is 33.4 Å². The summed E-state index contributed by atoms with van der Waals surface area (Å²) in [5, 5.41) is 12.9. The molecule has 0 spiro atoms. The van der Waals surface area contributed by atoms with Gasteiger partial charge in [0, 0.05) is 28.1 Å². The third-order valence-corrected chi connectivity index (χ3v) is 8.96. The van der Waals surface area contributed by atoms with E-state index in [2.05, 4.69) is 23.2 Å². The molecule has 1 heterocycles. The van der Waals surface area contributed by atoms with Gasteiger partial charge in [-0.05, 0) is 47.0 Å². The van der Waals surface area contributed by atoms with Crippen molar-refractivity contribution in [2.24, 2.45) is 0 Å². The second-order valence-corrected chi connectivity index (χ2v) is 13.2. The molecule has 0 saturated carbocycles. The molecule has 0 fully saturated rings. The first-order valence-electron chi connectivity index (χ1n) is 12.3. The highest BCUT2D eigenvalue weighted by Gasteiger charge is 2.34. The molecule has 2 N–H and O–H groups in total. The normalized spacial score (nSPS) is 12.4. The number of hydrogen-bond donors (Lipinski definition) is 2. The number of hydrogen-bond acceptors (Lipinski definition) is 3. The van der Waals surface area contributed by atoms with Gasteiger partial charge >= 0.3 is 0 Å². The highest BCUT2D eigenvalue weighted by molar-refractivity contribution is 7.93. The van der Waals surface area contributed by atoms with Crippen LogP contribution in [0.2, 0.25) is 10.0 Å². The Labute approximate surface area is 232 Å². The maximum absolute atomic E-state index is 13.8. The minimum atomic E-state index is -3.89. The van der Waals surface area contributed by atoms with Crippen LogP contribution in [0.15, 0.2) is 72.8 Å². The number of halogens is 2. The molecule has 5 rings (SSSR count). The molecule has 5 aromatic rings. The molecule has 0 amide bonds. The number of benzene rings is 4. The van der Waals surface area contributed by atoms with Gasteiger partial charge in [0.15, 0.2) is 0 Å². The summed E-state index contributed by atoms with van der Waals surface area (Å²) in [6.45, 7) is 7.67. The summed E-state index contributed by atoms with van der Waals surface area (Å²) in [6.07, 6.45) is 0. The molecule has 38 heavy (non-hydrogen) atoms. The van der Waals surface area contributed by atoms with E-state index in [1.807, 2.05) is 63.2 Å². The van der Waals surface area contributed by atoms with Gasteiger partial charge in [0.2, 0.25) is 10.0 Å². The van der Waals surface area contributed by atoms with Gasteiger partial charge in [0.25, 0.3) is 0 Å². The van der Waals surface area contributed by atoms with Gasteiger partial charge in [-0.15, -0.1) is 0 Å². The summed E-state index contributed by atoms with van der Waals surface area (Å²) in [5.74, 6) is -0.385. The van der Waals surface area contributed by atoms with Gasteiger partial charge in [-0.25, -0.2) is 12.7 Å². The zero-order valence-electron chi connectivity index (χ0n) is 21.5. The van der Waals surface area contributed by atoms with Gasteiger partial charge in [0.1, 0.15) is 5.75 Å². The number of nitrogens with zero attached hydrogens (tertiary/aromatic N) is 1. The molecule has 0 saturated heterocycles. The number of fused-ring (bicyclic) bond motifs is 3. The largest absolute Gasteiger partial charge is 0.506 e. The number of aromatic hydroxyl groups is 1. The molecule has 0 atom stereocenters. The third-order valence-electron chi connectivity index (χ3n) is 6.69. The Hall–Kier alpha value is -3.19. The molecule has 1 aromatic heterocycles. The number of anilines is 2. The van der Waals surface area contributed by atoms with Crippen molar-refractivity contribution in [3.05, 3.63) is 88.5 Å². The number of sulfonamides is 1. The average Bonchev–Trinajstić information content (AvgIpc) is 3.27. The lowest BCUT2D eigenvalue weighted by Gasteiger charge is -2.29. The van der Waals surface area contributed by atoms with Crippen LogP contribution in [0, 0.1) is 0 Å². The summed E-state index contributed by atoms with van der Waals surface area (Å²) in [4.78, 5) is 3.50. The molecule has 196 valence electrons. The first kappa shape index (κ1) is 26.4. The second-order valence-electron chi connectivity index (χ2n) is 10.3. The smallest absolute Gasteiger partial charge is 0.239 e. The van der Waals surface area contributed by atoms with Crippen molar-refractivity contribution in [3.8, 4) is 16.9 Å². The monoisotopic (exact) mass is 566 g/mol. The number of aromatic nitrogens is 1. The van der Waals surface area contributed by atoms with E-state index in [0.29, 0.717) is 5.69 Å². The second kappa shape index (κ2) is 9.53. The lowest BCUT2D eigenvalue weighted by atomic mass is 9.90. The number of rotatable bonds is 5. The Kier molecular flexibility index (Phi) is 6.62. The molecule has 8 heteroatoms. The van der Waals surface area contributed by atoms with E-state index in [-0.39, 0.29) is 27.2 Å². The van der Waals surface area contributed by atoms with Crippen LogP contribution >= 0.6 is 23.2 Å². The van der Waals surface area contributed by atoms with E-state index < -0.39 is 15.4 Å². The van der Waals surface area contributed by atoms with Crippen LogP contribution in [0.5, 0.6) is 5.75 Å². The van der Waals surface area contributed by atoms with E-state index in [1.165, 1.54) is 16.4 Å². The van der Waals surface area contributed by atoms with Gasteiger partial charge in [0.05, 0.1) is 27.2 Å². The first-order valence-corrected chi connectivity index (χ1v) is 14.6. The van der Waals surface area contributed by atoms with Gasteiger partial charge in [-0.2, -0.15) is 0 Å². The van der Waals surface area contributed by atoms with Crippen molar-refractivity contribution in [3.63, 3.8) is 0 Å². The van der Waals surface area contributed by atoms with Crippen molar-refractivity contribution in [1.29, 1.82) is 0 Å². The van der Waals surface area contributed by atoms with Crippen LogP contribution in [0.25, 0.3) is 32.8 Å². The Balaban J connectivity index is 1.91. The van der Waals surface area contributed by atoms with Crippen molar-refractivity contribution in [1.82, 2.24) is 4.98 Å². The fourth-order valence-electron chi connectivity index (χ4n) is 4.78. The Morgan fingerprint density at radius 1 is 0.895 bits per heavy atom. The van der Waals surface area contributed by atoms with Crippen molar-refractivity contribution < 1.29 is 13.5 Å². The van der Waals surface area contributed by atoms with Crippen molar-refractivity contribution in [2.75, 3.05) is 10.1 Å². The lowest BCUT2D eigenvalue weighted by Crippen LogP contribution is -2.30. The van der Waals surface area contributed by atoms with E-state index in [0.717, 1.165) is 38.5 Å². The van der Waals surface area contributed by atoms with E-state index in [9.17, 15) is 13.5 Å². The lowest BCUT2D eigenvalue weighted by molar-refractivity contribution is 0.475. The third kappa shape index (κ3) is 4.51. The summed E-state index contributed by atoms with van der Waals surface area (Å²) in [6, 6.07) is 23.0. The molecule has 0 bridgehead atoms. The molecule has 0 aliphatic carbocycles. The predicted octanol–water partition coefficient (Wildman–Crippen LogP) is 8.79. The van der Waals surface area contributed by atoms with Gasteiger partial charge in [-0.1, -0.05) is 92.5 Å². The molecule has 0 aliphatic rings. The zero-order chi connectivity index (χ0) is 27.4. The molecular formula is C30H28Cl2N2O3S. The standard InChI is InChI=1S/C30H28Cl2N2O3S/c1-5-38(36,37)34(25-16-23(32)26(35)17-22(25)31)28-27-21-13-11-19(18-9-7-6-8-10-18)15-20(21)12-14-24(27)33-29(28)30(2,3)4/h6-17,33,35H,5H2,1-4H3. The van der Waals surface area contributed by atoms with Crippen molar-refractivity contribution >= 4 is 66.3 Å². The topological polar surface area (TPSA) is 73.4 Å². The Bertz CT molecular complexity index is 1790. The van der Waals surface area contributed by atoms with Crippen LogP contribution in [-0.2, 0) is 15.4 Å². The molecule has 5 nitrogen and oxygen atoms in total. The fourth-order valence-corrected chi connectivity index (χ4v) is 6.40.